The van der Waals surface area contributed by atoms with E-state index in [1.165, 1.54) is 0 Å². The first kappa shape index (κ1) is 12.0. The van der Waals surface area contributed by atoms with Crippen LogP contribution in [0.3, 0.4) is 0 Å². The molecule has 0 saturated heterocycles. The first-order valence-electron chi connectivity index (χ1n) is 4.72. The molecule has 0 saturated carbocycles. The molecule has 0 aromatic heterocycles. The Kier molecular flexibility index (Phi) is 3.99. The summed E-state index contributed by atoms with van der Waals surface area (Å²) in [5, 5.41) is 0.734. The molecule has 78 valence electrons. The molecule has 14 heavy (non-hydrogen) atoms. The molecule has 0 aliphatic rings. The van der Waals surface area contributed by atoms with E-state index in [9.17, 15) is 0 Å². The van der Waals surface area contributed by atoms with Crippen LogP contribution in [0.15, 0.2) is 22.7 Å². The molecule has 1 unspecified atom stereocenters. The minimum atomic E-state index is -0.327. The van der Waals surface area contributed by atoms with Crippen molar-refractivity contribution in [2.24, 2.45) is 5.73 Å². The molecular formula is C11H15BrClN. The first-order valence-corrected chi connectivity index (χ1v) is 5.89. The number of halogens is 2. The lowest BCUT2D eigenvalue weighted by Crippen LogP contribution is -2.33. The van der Waals surface area contributed by atoms with Crippen LogP contribution in [0.4, 0.5) is 0 Å². The van der Waals surface area contributed by atoms with Crippen LogP contribution in [0, 0.1) is 0 Å². The number of rotatable bonds is 3. The topological polar surface area (TPSA) is 26.0 Å². The van der Waals surface area contributed by atoms with Gasteiger partial charge in [0, 0.05) is 15.0 Å². The van der Waals surface area contributed by atoms with E-state index in [-0.39, 0.29) is 5.54 Å². The van der Waals surface area contributed by atoms with Crippen LogP contribution >= 0.6 is 27.5 Å². The normalized spacial score (nSPS) is 15.2. The van der Waals surface area contributed by atoms with Gasteiger partial charge in [-0.05, 0) is 31.0 Å². The fraction of sp³-hybridized carbons (Fsp3) is 0.455. The number of nitrogens with two attached hydrogens (primary N) is 1. The highest BCUT2D eigenvalue weighted by molar-refractivity contribution is 9.10. The maximum Gasteiger partial charge on any atom is 0.0467 e. The summed E-state index contributed by atoms with van der Waals surface area (Å²) in [6.45, 7) is 4.14. The second kappa shape index (κ2) is 4.65. The molecule has 3 heteroatoms. The van der Waals surface area contributed by atoms with E-state index in [0.29, 0.717) is 0 Å². The Bertz CT molecular complexity index is 323. The lowest BCUT2D eigenvalue weighted by atomic mass is 9.89. The van der Waals surface area contributed by atoms with Crippen LogP contribution in [-0.4, -0.2) is 0 Å². The SMILES string of the molecule is CCCC(C)(N)c1ccc(Br)cc1Cl. The highest BCUT2D eigenvalue weighted by Gasteiger charge is 2.22. The second-order valence-corrected chi connectivity index (χ2v) is 5.11. The van der Waals surface area contributed by atoms with Gasteiger partial charge in [-0.25, -0.2) is 0 Å². The third-order valence-electron chi connectivity index (χ3n) is 2.32. The molecule has 2 N–H and O–H groups in total. The number of benzene rings is 1. The predicted molar refractivity (Wildman–Crippen MR) is 65.6 cm³/mol. The van der Waals surface area contributed by atoms with Gasteiger partial charge in [-0.2, -0.15) is 0 Å². The largest absolute Gasteiger partial charge is 0.322 e. The minimum absolute atomic E-state index is 0.327. The summed E-state index contributed by atoms with van der Waals surface area (Å²) in [7, 11) is 0. The van der Waals surface area contributed by atoms with Crippen LogP contribution in [-0.2, 0) is 5.54 Å². The lowest BCUT2D eigenvalue weighted by Gasteiger charge is -2.25. The van der Waals surface area contributed by atoms with E-state index in [4.69, 9.17) is 17.3 Å². The zero-order valence-electron chi connectivity index (χ0n) is 8.48. The van der Waals surface area contributed by atoms with Gasteiger partial charge in [0.05, 0.1) is 0 Å². The Morgan fingerprint density at radius 1 is 1.50 bits per heavy atom. The Morgan fingerprint density at radius 2 is 2.14 bits per heavy atom. The molecule has 1 aromatic rings. The van der Waals surface area contributed by atoms with Crippen molar-refractivity contribution in [2.75, 3.05) is 0 Å². The van der Waals surface area contributed by atoms with E-state index in [0.717, 1.165) is 27.9 Å². The summed E-state index contributed by atoms with van der Waals surface area (Å²) >= 11 is 9.52. The van der Waals surface area contributed by atoms with E-state index in [1.54, 1.807) is 0 Å². The molecule has 1 atom stereocenters. The molecule has 0 radical (unpaired) electrons. The molecule has 0 fully saturated rings. The highest BCUT2D eigenvalue weighted by Crippen LogP contribution is 2.31. The van der Waals surface area contributed by atoms with Gasteiger partial charge in [0.1, 0.15) is 0 Å². The summed E-state index contributed by atoms with van der Waals surface area (Å²) in [4.78, 5) is 0. The number of hydrogen-bond donors (Lipinski definition) is 1. The summed E-state index contributed by atoms with van der Waals surface area (Å²) < 4.78 is 0.985. The van der Waals surface area contributed by atoms with Crippen molar-refractivity contribution in [3.8, 4) is 0 Å². The maximum atomic E-state index is 6.20. The summed E-state index contributed by atoms with van der Waals surface area (Å²) in [6, 6.07) is 5.85. The molecule has 1 rings (SSSR count). The van der Waals surface area contributed by atoms with Gasteiger partial charge >= 0.3 is 0 Å². The highest BCUT2D eigenvalue weighted by atomic mass is 79.9. The zero-order valence-corrected chi connectivity index (χ0v) is 10.8. The summed E-state index contributed by atoms with van der Waals surface area (Å²) in [5.41, 5.74) is 6.89. The average molecular weight is 277 g/mol. The first-order chi connectivity index (χ1) is 6.47. The zero-order chi connectivity index (χ0) is 10.8. The maximum absolute atomic E-state index is 6.20. The molecule has 0 aliphatic heterocycles. The molecule has 0 heterocycles. The van der Waals surface area contributed by atoms with Crippen LogP contribution in [0.5, 0.6) is 0 Å². The second-order valence-electron chi connectivity index (χ2n) is 3.79. The van der Waals surface area contributed by atoms with Gasteiger partial charge in [-0.1, -0.05) is 46.9 Å². The van der Waals surface area contributed by atoms with Crippen LogP contribution < -0.4 is 5.73 Å². The van der Waals surface area contributed by atoms with Gasteiger partial charge in [-0.15, -0.1) is 0 Å². The van der Waals surface area contributed by atoms with Crippen molar-refractivity contribution in [3.63, 3.8) is 0 Å². The molecule has 1 aromatic carbocycles. The Balaban J connectivity index is 3.06. The third-order valence-corrected chi connectivity index (χ3v) is 3.12. The quantitative estimate of drug-likeness (QED) is 0.884. The van der Waals surface area contributed by atoms with Gasteiger partial charge in [0.15, 0.2) is 0 Å². The van der Waals surface area contributed by atoms with Crippen LogP contribution in [0.2, 0.25) is 5.02 Å². The van der Waals surface area contributed by atoms with Gasteiger partial charge < -0.3 is 5.73 Å². The molecule has 1 nitrogen and oxygen atoms in total. The Morgan fingerprint density at radius 3 is 2.64 bits per heavy atom. The van der Waals surface area contributed by atoms with Gasteiger partial charge in [0.25, 0.3) is 0 Å². The monoisotopic (exact) mass is 275 g/mol. The smallest absolute Gasteiger partial charge is 0.0467 e. The fourth-order valence-electron chi connectivity index (χ4n) is 1.61. The molecular weight excluding hydrogens is 261 g/mol. The minimum Gasteiger partial charge on any atom is -0.322 e. The fourth-order valence-corrected chi connectivity index (χ4v) is 2.50. The third kappa shape index (κ3) is 2.72. The lowest BCUT2D eigenvalue weighted by molar-refractivity contribution is 0.447. The van der Waals surface area contributed by atoms with Crippen molar-refractivity contribution >= 4 is 27.5 Å². The standard InChI is InChI=1S/C11H15BrClN/c1-3-6-11(2,14)9-5-4-8(12)7-10(9)13/h4-5,7H,3,6,14H2,1-2H3. The van der Waals surface area contributed by atoms with Gasteiger partial charge in [0.2, 0.25) is 0 Å². The van der Waals surface area contributed by atoms with E-state index in [2.05, 4.69) is 22.9 Å². The van der Waals surface area contributed by atoms with Crippen molar-refractivity contribution in [3.05, 3.63) is 33.3 Å². The molecule has 0 amide bonds. The molecule has 0 bridgehead atoms. The van der Waals surface area contributed by atoms with Crippen molar-refractivity contribution in [1.82, 2.24) is 0 Å². The van der Waals surface area contributed by atoms with Crippen LogP contribution in [0.1, 0.15) is 32.3 Å². The predicted octanol–water partition coefficient (Wildman–Crippen LogP) is 4.08. The summed E-state index contributed by atoms with van der Waals surface area (Å²) in [6.07, 6.45) is 1.99. The number of hydrogen-bond acceptors (Lipinski definition) is 1. The molecule has 0 aliphatic carbocycles. The Labute approximate surface area is 98.8 Å². The van der Waals surface area contributed by atoms with Crippen molar-refractivity contribution < 1.29 is 0 Å². The molecule has 0 spiro atoms. The van der Waals surface area contributed by atoms with Crippen molar-refractivity contribution in [1.29, 1.82) is 0 Å². The Hall–Kier alpha value is -0.0500. The average Bonchev–Trinajstić information content (AvgIpc) is 2.02. The van der Waals surface area contributed by atoms with E-state index >= 15 is 0 Å². The van der Waals surface area contributed by atoms with E-state index < -0.39 is 0 Å². The summed E-state index contributed by atoms with van der Waals surface area (Å²) in [5.74, 6) is 0. The van der Waals surface area contributed by atoms with Crippen LogP contribution in [0.25, 0.3) is 0 Å². The van der Waals surface area contributed by atoms with Crippen molar-refractivity contribution in [2.45, 2.75) is 32.2 Å². The van der Waals surface area contributed by atoms with E-state index in [1.807, 2.05) is 25.1 Å². The van der Waals surface area contributed by atoms with Gasteiger partial charge in [-0.3, -0.25) is 0 Å².